The number of anilines is 2. The lowest BCUT2D eigenvalue weighted by Crippen LogP contribution is -2.10. The number of aromatic nitrogens is 2. The number of rotatable bonds is 3. The Kier molecular flexibility index (Phi) is 5.17. The molecule has 158 valence electrons. The van der Waals surface area contributed by atoms with Crippen LogP contribution in [-0.2, 0) is 11.6 Å². The van der Waals surface area contributed by atoms with Crippen LogP contribution in [0.15, 0.2) is 73.1 Å². The zero-order chi connectivity index (χ0) is 22.2. The van der Waals surface area contributed by atoms with Crippen molar-refractivity contribution >= 4 is 22.4 Å². The Morgan fingerprint density at radius 2 is 1.52 bits per heavy atom. The Hall–Kier alpha value is -3.41. The summed E-state index contributed by atoms with van der Waals surface area (Å²) >= 11 is 0. The first-order valence-electron chi connectivity index (χ1n) is 9.92. The van der Waals surface area contributed by atoms with Gasteiger partial charge in [-0.2, -0.15) is 13.2 Å². The highest BCUT2D eigenvalue weighted by Gasteiger charge is 2.33. The number of benzene rings is 3. The fourth-order valence-corrected chi connectivity index (χ4v) is 3.50. The van der Waals surface area contributed by atoms with Gasteiger partial charge in [0.05, 0.1) is 11.1 Å². The van der Waals surface area contributed by atoms with E-state index in [1.165, 1.54) is 24.0 Å². The zero-order valence-electron chi connectivity index (χ0n) is 17.5. The molecule has 31 heavy (non-hydrogen) atoms. The van der Waals surface area contributed by atoms with Crippen LogP contribution in [-0.4, -0.2) is 9.97 Å². The Morgan fingerprint density at radius 1 is 0.806 bits per heavy atom. The molecule has 0 aliphatic rings. The van der Waals surface area contributed by atoms with Crippen molar-refractivity contribution < 1.29 is 13.2 Å². The summed E-state index contributed by atoms with van der Waals surface area (Å²) in [6.45, 7) is 6.46. The van der Waals surface area contributed by atoms with Crippen LogP contribution in [0.1, 0.15) is 31.9 Å². The van der Waals surface area contributed by atoms with Gasteiger partial charge in [0.15, 0.2) is 0 Å². The lowest BCUT2D eigenvalue weighted by Gasteiger charge is -2.19. The molecule has 3 aromatic carbocycles. The number of alkyl halides is 3. The van der Waals surface area contributed by atoms with E-state index in [0.717, 1.165) is 17.1 Å². The molecule has 4 rings (SSSR count). The van der Waals surface area contributed by atoms with E-state index in [0.29, 0.717) is 16.9 Å². The minimum Gasteiger partial charge on any atom is -0.340 e. The van der Waals surface area contributed by atoms with Crippen LogP contribution in [0, 0.1) is 0 Å². The molecule has 0 amide bonds. The van der Waals surface area contributed by atoms with Crippen LogP contribution in [0.5, 0.6) is 0 Å². The van der Waals surface area contributed by atoms with Crippen molar-refractivity contribution in [2.75, 3.05) is 5.32 Å². The van der Waals surface area contributed by atoms with Crippen molar-refractivity contribution in [3.05, 3.63) is 84.2 Å². The van der Waals surface area contributed by atoms with Gasteiger partial charge >= 0.3 is 6.18 Å². The predicted octanol–water partition coefficient (Wildman–Crippen LogP) is 7.36. The van der Waals surface area contributed by atoms with Gasteiger partial charge in [-0.15, -0.1) is 0 Å². The fourth-order valence-electron chi connectivity index (χ4n) is 3.50. The molecular formula is C25H22F3N3. The summed E-state index contributed by atoms with van der Waals surface area (Å²) in [7, 11) is 0. The fraction of sp³-hybridized carbons (Fsp3) is 0.200. The summed E-state index contributed by atoms with van der Waals surface area (Å²) < 4.78 is 40.3. The maximum atomic E-state index is 13.4. The molecule has 0 radical (unpaired) electrons. The summed E-state index contributed by atoms with van der Waals surface area (Å²) in [5.41, 5.74) is 2.64. The Bertz CT molecular complexity index is 1220. The van der Waals surface area contributed by atoms with Crippen molar-refractivity contribution in [3.8, 4) is 11.1 Å². The molecular weight excluding hydrogens is 399 g/mol. The van der Waals surface area contributed by atoms with Crippen molar-refractivity contribution in [1.29, 1.82) is 0 Å². The lowest BCUT2D eigenvalue weighted by molar-refractivity contribution is -0.137. The predicted molar refractivity (Wildman–Crippen MR) is 118 cm³/mol. The highest BCUT2D eigenvalue weighted by Crippen LogP contribution is 2.38. The highest BCUT2D eigenvalue weighted by atomic mass is 19.4. The van der Waals surface area contributed by atoms with Gasteiger partial charge in [-0.25, -0.2) is 9.97 Å². The van der Waals surface area contributed by atoms with Gasteiger partial charge in [-0.05, 0) is 52.4 Å². The minimum absolute atomic E-state index is 0.0588. The number of hydrogen-bond acceptors (Lipinski definition) is 3. The standard InChI is InChI=1S/C25H22F3N3/c1-24(2,3)17-9-11-18(12-10-17)31-23-20-13-8-16(14-22(20)29-15-30-23)19-6-4-5-7-21(19)25(26,27)28/h4-15H,1-3H3,(H,29,30,31). The number of hydrogen-bond donors (Lipinski definition) is 1. The molecule has 1 N–H and O–H groups in total. The molecule has 0 saturated heterocycles. The van der Waals surface area contributed by atoms with Crippen molar-refractivity contribution in [2.45, 2.75) is 32.4 Å². The first-order chi connectivity index (χ1) is 14.6. The van der Waals surface area contributed by atoms with E-state index in [-0.39, 0.29) is 11.0 Å². The molecule has 0 atom stereocenters. The van der Waals surface area contributed by atoms with E-state index in [2.05, 4.69) is 48.2 Å². The Labute approximate surface area is 179 Å². The minimum atomic E-state index is -4.43. The van der Waals surface area contributed by atoms with E-state index in [1.807, 2.05) is 12.1 Å². The van der Waals surface area contributed by atoms with Gasteiger partial charge in [0.25, 0.3) is 0 Å². The van der Waals surface area contributed by atoms with Crippen molar-refractivity contribution in [1.82, 2.24) is 9.97 Å². The molecule has 3 nitrogen and oxygen atoms in total. The van der Waals surface area contributed by atoms with Crippen LogP contribution < -0.4 is 5.32 Å². The third kappa shape index (κ3) is 4.38. The highest BCUT2D eigenvalue weighted by molar-refractivity contribution is 5.93. The monoisotopic (exact) mass is 421 g/mol. The molecule has 0 spiro atoms. The summed E-state index contributed by atoms with van der Waals surface area (Å²) in [4.78, 5) is 8.61. The maximum absolute atomic E-state index is 13.4. The average Bonchev–Trinajstić information content (AvgIpc) is 2.73. The summed E-state index contributed by atoms with van der Waals surface area (Å²) in [6.07, 6.45) is -3.02. The lowest BCUT2D eigenvalue weighted by atomic mass is 9.87. The number of fused-ring (bicyclic) bond motifs is 1. The van der Waals surface area contributed by atoms with Gasteiger partial charge in [-0.1, -0.05) is 57.2 Å². The number of nitrogens with zero attached hydrogens (tertiary/aromatic N) is 2. The van der Waals surface area contributed by atoms with Crippen LogP contribution in [0.2, 0.25) is 0 Å². The van der Waals surface area contributed by atoms with E-state index < -0.39 is 11.7 Å². The molecule has 0 bridgehead atoms. The number of halogens is 3. The molecule has 6 heteroatoms. The second-order valence-electron chi connectivity index (χ2n) is 8.45. The van der Waals surface area contributed by atoms with Crippen LogP contribution in [0.4, 0.5) is 24.7 Å². The summed E-state index contributed by atoms with van der Waals surface area (Å²) in [5.74, 6) is 0.601. The van der Waals surface area contributed by atoms with Crippen LogP contribution in [0.25, 0.3) is 22.0 Å². The van der Waals surface area contributed by atoms with Gasteiger partial charge in [0.2, 0.25) is 0 Å². The first kappa shape index (κ1) is 20.8. The molecule has 0 unspecified atom stereocenters. The van der Waals surface area contributed by atoms with Crippen molar-refractivity contribution in [2.24, 2.45) is 0 Å². The normalized spacial score (nSPS) is 12.2. The third-order valence-electron chi connectivity index (χ3n) is 5.19. The SMILES string of the molecule is CC(C)(C)c1ccc(Nc2ncnc3cc(-c4ccccc4C(F)(F)F)ccc23)cc1. The first-order valence-corrected chi connectivity index (χ1v) is 9.92. The quantitative estimate of drug-likeness (QED) is 0.376. The van der Waals surface area contributed by atoms with Gasteiger partial charge < -0.3 is 5.32 Å². The van der Waals surface area contributed by atoms with E-state index in [9.17, 15) is 13.2 Å². The smallest absolute Gasteiger partial charge is 0.340 e. The Balaban J connectivity index is 1.70. The molecule has 0 aliphatic carbocycles. The molecule has 0 saturated carbocycles. The summed E-state index contributed by atoms with van der Waals surface area (Å²) in [6, 6.07) is 18.8. The average molecular weight is 421 g/mol. The van der Waals surface area contributed by atoms with Gasteiger partial charge in [0, 0.05) is 11.1 Å². The van der Waals surface area contributed by atoms with E-state index in [4.69, 9.17) is 0 Å². The Morgan fingerprint density at radius 3 is 2.19 bits per heavy atom. The molecule has 0 fully saturated rings. The van der Waals surface area contributed by atoms with Crippen LogP contribution >= 0.6 is 0 Å². The van der Waals surface area contributed by atoms with Crippen LogP contribution in [0.3, 0.4) is 0 Å². The second kappa shape index (κ2) is 7.69. The van der Waals surface area contributed by atoms with Gasteiger partial charge in [0.1, 0.15) is 12.1 Å². The molecule has 4 aromatic rings. The summed E-state index contributed by atoms with van der Waals surface area (Å²) in [5, 5.41) is 4.02. The van der Waals surface area contributed by atoms with Gasteiger partial charge in [-0.3, -0.25) is 0 Å². The maximum Gasteiger partial charge on any atom is 0.417 e. The molecule has 1 heterocycles. The number of nitrogens with one attached hydrogen (secondary N) is 1. The largest absolute Gasteiger partial charge is 0.417 e. The zero-order valence-corrected chi connectivity index (χ0v) is 17.5. The van der Waals surface area contributed by atoms with E-state index in [1.54, 1.807) is 24.3 Å². The molecule has 1 aromatic heterocycles. The second-order valence-corrected chi connectivity index (χ2v) is 8.45. The topological polar surface area (TPSA) is 37.8 Å². The third-order valence-corrected chi connectivity index (χ3v) is 5.19. The molecule has 0 aliphatic heterocycles. The van der Waals surface area contributed by atoms with Crippen molar-refractivity contribution in [3.63, 3.8) is 0 Å². The van der Waals surface area contributed by atoms with E-state index >= 15 is 0 Å².